The number of halogens is 3. The fourth-order valence-corrected chi connectivity index (χ4v) is 2.12. The first-order chi connectivity index (χ1) is 8.56. The molecule has 0 aliphatic heterocycles. The lowest BCUT2D eigenvalue weighted by Crippen LogP contribution is -2.13. The molecule has 0 spiro atoms. The van der Waals surface area contributed by atoms with Gasteiger partial charge in [0.05, 0.1) is 18.0 Å². The highest BCUT2D eigenvalue weighted by Crippen LogP contribution is 2.22. The Morgan fingerprint density at radius 3 is 2.67 bits per heavy atom. The number of rotatable bonds is 2. The van der Waals surface area contributed by atoms with Gasteiger partial charge in [0.1, 0.15) is 5.15 Å². The highest BCUT2D eigenvalue weighted by atomic mass is 79.9. The van der Waals surface area contributed by atoms with E-state index in [1.807, 2.05) is 6.07 Å². The molecular formula is C11H6Br2ClN3O. The van der Waals surface area contributed by atoms with Crippen LogP contribution in [0.25, 0.3) is 0 Å². The Labute approximate surface area is 125 Å². The van der Waals surface area contributed by atoms with Gasteiger partial charge in [-0.15, -0.1) is 0 Å². The highest BCUT2D eigenvalue weighted by Gasteiger charge is 2.11. The highest BCUT2D eigenvalue weighted by molar-refractivity contribution is 9.11. The number of hydrogen-bond acceptors (Lipinski definition) is 3. The lowest BCUT2D eigenvalue weighted by Gasteiger charge is -2.06. The number of hydrogen-bond donors (Lipinski definition) is 1. The zero-order valence-corrected chi connectivity index (χ0v) is 12.8. The third-order valence-electron chi connectivity index (χ3n) is 2.03. The zero-order chi connectivity index (χ0) is 13.1. The fourth-order valence-electron chi connectivity index (χ4n) is 1.23. The van der Waals surface area contributed by atoms with Gasteiger partial charge in [-0.2, -0.15) is 0 Å². The largest absolute Gasteiger partial charge is 0.305 e. The first-order valence-electron chi connectivity index (χ1n) is 4.80. The van der Waals surface area contributed by atoms with Gasteiger partial charge in [-0.3, -0.25) is 4.79 Å². The second-order valence-corrected chi connectivity index (χ2v) is 5.46. The van der Waals surface area contributed by atoms with Gasteiger partial charge in [-0.05, 0) is 34.1 Å². The summed E-state index contributed by atoms with van der Waals surface area (Å²) in [6.45, 7) is 0. The first-order valence-corrected chi connectivity index (χ1v) is 6.76. The summed E-state index contributed by atoms with van der Waals surface area (Å²) < 4.78 is 1.52. The van der Waals surface area contributed by atoms with Gasteiger partial charge in [-0.1, -0.05) is 27.5 Å². The second-order valence-electron chi connectivity index (χ2n) is 3.30. The summed E-state index contributed by atoms with van der Waals surface area (Å²) in [6.07, 6.45) is 2.76. The molecule has 0 aliphatic carbocycles. The molecule has 0 saturated carbocycles. The van der Waals surface area contributed by atoms with Gasteiger partial charge in [0.25, 0.3) is 5.91 Å². The molecule has 1 aromatic carbocycles. The van der Waals surface area contributed by atoms with Gasteiger partial charge in [0.2, 0.25) is 0 Å². The maximum absolute atomic E-state index is 12.0. The zero-order valence-electron chi connectivity index (χ0n) is 8.82. The minimum Gasteiger partial charge on any atom is -0.305 e. The number of nitrogens with zero attached hydrogens (tertiary/aromatic N) is 2. The Balaban J connectivity index is 2.21. The molecule has 1 heterocycles. The summed E-state index contributed by atoms with van der Waals surface area (Å²) in [4.78, 5) is 19.8. The quantitative estimate of drug-likeness (QED) is 0.845. The van der Waals surface area contributed by atoms with Crippen LogP contribution in [0.2, 0.25) is 5.15 Å². The summed E-state index contributed by atoms with van der Waals surface area (Å²) in [6, 6.07) is 5.33. The molecule has 0 bridgehead atoms. The monoisotopic (exact) mass is 389 g/mol. The van der Waals surface area contributed by atoms with Crippen molar-refractivity contribution in [3.63, 3.8) is 0 Å². The van der Waals surface area contributed by atoms with E-state index in [9.17, 15) is 4.79 Å². The molecule has 1 N–H and O–H groups in total. The van der Waals surface area contributed by atoms with Crippen molar-refractivity contribution in [3.05, 3.63) is 50.3 Å². The molecule has 0 fully saturated rings. The van der Waals surface area contributed by atoms with E-state index in [0.717, 1.165) is 4.47 Å². The van der Waals surface area contributed by atoms with Gasteiger partial charge >= 0.3 is 0 Å². The summed E-state index contributed by atoms with van der Waals surface area (Å²) in [5.41, 5.74) is 0.501. The molecular weight excluding hydrogens is 385 g/mol. The van der Waals surface area contributed by atoms with Crippen LogP contribution in [0.15, 0.2) is 39.5 Å². The number of benzene rings is 1. The number of amides is 1. The molecule has 0 atom stereocenters. The van der Waals surface area contributed by atoms with Gasteiger partial charge in [0, 0.05) is 8.95 Å². The van der Waals surface area contributed by atoms with Crippen LogP contribution in [-0.2, 0) is 0 Å². The second kappa shape index (κ2) is 5.77. The van der Waals surface area contributed by atoms with E-state index in [-0.39, 0.29) is 11.1 Å². The van der Waals surface area contributed by atoms with Crippen molar-refractivity contribution in [1.29, 1.82) is 0 Å². The summed E-state index contributed by atoms with van der Waals surface area (Å²) >= 11 is 12.2. The number of aromatic nitrogens is 2. The minimum absolute atomic E-state index is 0.275. The number of anilines is 1. The molecule has 2 aromatic rings. The molecule has 0 unspecified atom stereocenters. The lowest BCUT2D eigenvalue weighted by molar-refractivity contribution is 0.102. The average molecular weight is 391 g/mol. The summed E-state index contributed by atoms with van der Waals surface area (Å²) in [5.74, 6) is 0.0658. The maximum atomic E-state index is 12.0. The van der Waals surface area contributed by atoms with Crippen LogP contribution in [0.5, 0.6) is 0 Å². The van der Waals surface area contributed by atoms with Crippen molar-refractivity contribution in [2.45, 2.75) is 0 Å². The van der Waals surface area contributed by atoms with Crippen molar-refractivity contribution in [2.24, 2.45) is 0 Å². The van der Waals surface area contributed by atoms with Crippen molar-refractivity contribution >= 4 is 55.2 Å². The van der Waals surface area contributed by atoms with E-state index >= 15 is 0 Å². The van der Waals surface area contributed by atoms with Crippen LogP contribution in [0.4, 0.5) is 5.82 Å². The fraction of sp³-hybridized carbons (Fsp3) is 0. The molecule has 1 aromatic heterocycles. The summed E-state index contributed by atoms with van der Waals surface area (Å²) in [7, 11) is 0. The predicted molar refractivity (Wildman–Crippen MR) is 76.8 cm³/mol. The van der Waals surface area contributed by atoms with Crippen LogP contribution in [0.3, 0.4) is 0 Å². The van der Waals surface area contributed by atoms with E-state index < -0.39 is 0 Å². The molecule has 7 heteroatoms. The Morgan fingerprint density at radius 1 is 1.22 bits per heavy atom. The maximum Gasteiger partial charge on any atom is 0.258 e. The van der Waals surface area contributed by atoms with Crippen molar-refractivity contribution < 1.29 is 4.79 Å². The SMILES string of the molecule is O=C(Nc1cnc(Cl)cn1)c1cc(Br)ccc1Br. The van der Waals surface area contributed by atoms with Crippen LogP contribution in [0, 0.1) is 0 Å². The molecule has 2 rings (SSSR count). The molecule has 0 saturated heterocycles. The van der Waals surface area contributed by atoms with E-state index in [0.29, 0.717) is 15.9 Å². The Hall–Kier alpha value is -0.980. The smallest absolute Gasteiger partial charge is 0.258 e. The summed E-state index contributed by atoms with van der Waals surface area (Å²) in [5, 5.41) is 2.91. The van der Waals surface area contributed by atoms with E-state index in [2.05, 4.69) is 47.1 Å². The predicted octanol–water partition coefficient (Wildman–Crippen LogP) is 3.91. The topological polar surface area (TPSA) is 54.9 Å². The third-order valence-corrected chi connectivity index (χ3v) is 3.41. The van der Waals surface area contributed by atoms with Crippen molar-refractivity contribution in [2.75, 3.05) is 5.32 Å². The Morgan fingerprint density at radius 2 is 2.00 bits per heavy atom. The standard InChI is InChI=1S/C11H6Br2ClN3O/c12-6-1-2-8(13)7(3-6)11(18)17-10-5-15-9(14)4-16-10/h1-5H,(H,16,17,18). The van der Waals surface area contributed by atoms with Crippen LogP contribution in [-0.4, -0.2) is 15.9 Å². The minimum atomic E-state index is -0.278. The van der Waals surface area contributed by atoms with Crippen LogP contribution < -0.4 is 5.32 Å². The van der Waals surface area contributed by atoms with Gasteiger partial charge in [-0.25, -0.2) is 9.97 Å². The molecule has 92 valence electrons. The number of carbonyl (C=O) groups is 1. The Bertz CT molecular complexity index is 589. The first kappa shape index (κ1) is 13.5. The van der Waals surface area contributed by atoms with Crippen molar-refractivity contribution in [1.82, 2.24) is 9.97 Å². The van der Waals surface area contributed by atoms with Gasteiger partial charge < -0.3 is 5.32 Å². The lowest BCUT2D eigenvalue weighted by atomic mass is 10.2. The molecule has 1 amide bonds. The van der Waals surface area contributed by atoms with Crippen LogP contribution >= 0.6 is 43.5 Å². The van der Waals surface area contributed by atoms with E-state index in [1.54, 1.807) is 12.1 Å². The number of carbonyl (C=O) groups excluding carboxylic acids is 1. The van der Waals surface area contributed by atoms with Gasteiger partial charge in [0.15, 0.2) is 5.82 Å². The molecule has 4 nitrogen and oxygen atoms in total. The molecule has 0 radical (unpaired) electrons. The number of nitrogens with one attached hydrogen (secondary N) is 1. The Kier molecular flexibility index (Phi) is 4.31. The molecule has 0 aliphatic rings. The normalized spacial score (nSPS) is 10.2. The van der Waals surface area contributed by atoms with Crippen LogP contribution in [0.1, 0.15) is 10.4 Å². The van der Waals surface area contributed by atoms with E-state index in [4.69, 9.17) is 11.6 Å². The van der Waals surface area contributed by atoms with E-state index in [1.165, 1.54) is 12.4 Å². The average Bonchev–Trinajstić information content (AvgIpc) is 2.35. The third kappa shape index (κ3) is 3.28. The molecule has 18 heavy (non-hydrogen) atoms. The van der Waals surface area contributed by atoms with Crippen molar-refractivity contribution in [3.8, 4) is 0 Å².